The standard InChI is InChI=1S/C37H59N7O3.C16H11FN2O2.C5H12.H2S/c1-40-18-22-43(23-19-40)34(45)28-41-16-12-29(13-17-41)27-42-20-24-44(25-21-42)37(47)35(31-6-3-2-4-7-31)39-36(46)33-9-5-8-32(26-33)30-10-14-38-15-11-30;17-14-6-5-10(7-11(14)9-20)8-15-12-3-1-2-4-13(12)16(21)19-18-15;1-3-5-4-2;/h5,8-9,26,29-31,35,38H,2-4,6-7,10-25,27-28H2,1H3,(H,39,46);1-7,9H,8H2,(H,19,21);3-5H2,1-2H3;1H2. The number of aromatic amines is 1. The van der Waals surface area contributed by atoms with Gasteiger partial charge in [0.25, 0.3) is 11.5 Å². The SMILES string of the molecule is CCCCC.CN1CCN(C(=O)CN2CCC(CN3CCN(C(=O)C(NC(=O)c4cccc(C5CCNCC5)c4)C4CCCCC4)CC3)CC2)CC1.O=Cc1cc(Cc2n[nH]c(=O)c3ccccc23)ccc1F.S. The number of halogens is 1. The Morgan fingerprint density at radius 2 is 1.45 bits per heavy atom. The van der Waals surface area contributed by atoms with Crippen LogP contribution in [0.25, 0.3) is 10.8 Å². The van der Waals surface area contributed by atoms with Gasteiger partial charge in [0, 0.05) is 76.3 Å². The van der Waals surface area contributed by atoms with E-state index in [2.05, 4.69) is 68.6 Å². The van der Waals surface area contributed by atoms with Crippen LogP contribution in [-0.2, 0) is 16.0 Å². The van der Waals surface area contributed by atoms with Crippen LogP contribution < -0.4 is 16.2 Å². The molecule has 0 radical (unpaired) electrons. The molecule has 0 spiro atoms. The first kappa shape index (κ1) is 58.3. The zero-order valence-electron chi connectivity index (χ0n) is 44.4. The summed E-state index contributed by atoms with van der Waals surface area (Å²) in [5.74, 6) is 1.07. The molecule has 1 unspecified atom stereocenters. The van der Waals surface area contributed by atoms with Crippen molar-refractivity contribution in [1.29, 1.82) is 0 Å². The van der Waals surface area contributed by atoms with Crippen LogP contribution >= 0.6 is 13.5 Å². The van der Waals surface area contributed by atoms with Crippen molar-refractivity contribution in [1.82, 2.24) is 45.3 Å². The normalized spacial score (nSPS) is 19.0. The van der Waals surface area contributed by atoms with Gasteiger partial charge in [0.1, 0.15) is 11.9 Å². The highest BCUT2D eigenvalue weighted by Crippen LogP contribution is 2.30. The van der Waals surface area contributed by atoms with Crippen LogP contribution in [0.5, 0.6) is 0 Å². The fourth-order valence-electron chi connectivity index (χ4n) is 11.2. The number of aldehydes is 1. The first-order chi connectivity index (χ1) is 35.5. The molecule has 3 aromatic carbocycles. The summed E-state index contributed by atoms with van der Waals surface area (Å²) in [7, 11) is 2.12. The molecular formula is C58H84FN9O5S. The summed E-state index contributed by atoms with van der Waals surface area (Å²) in [4.78, 5) is 74.2. The van der Waals surface area contributed by atoms with E-state index in [1.54, 1.807) is 18.2 Å². The third kappa shape index (κ3) is 16.8. The highest BCUT2D eigenvalue weighted by Gasteiger charge is 2.36. The molecule has 4 saturated heterocycles. The number of likely N-dealkylation sites (N-methyl/N-ethyl adjacent to an activating group) is 1. The number of aromatic nitrogens is 2. The lowest BCUT2D eigenvalue weighted by Gasteiger charge is -2.41. The maximum atomic E-state index is 14.1. The van der Waals surface area contributed by atoms with E-state index < -0.39 is 11.9 Å². The molecule has 5 aliphatic rings. The zero-order chi connectivity index (χ0) is 51.5. The molecule has 1 saturated carbocycles. The van der Waals surface area contributed by atoms with E-state index in [9.17, 15) is 28.4 Å². The Bertz CT molecular complexity index is 2460. The minimum absolute atomic E-state index is 0. The fourth-order valence-corrected chi connectivity index (χ4v) is 11.2. The average molecular weight is 1040 g/mol. The number of rotatable bonds is 14. The van der Waals surface area contributed by atoms with Crippen LogP contribution in [0.2, 0.25) is 0 Å². The number of nitrogens with zero attached hydrogens (tertiary/aromatic N) is 6. The van der Waals surface area contributed by atoms with Crippen LogP contribution in [0.4, 0.5) is 4.39 Å². The van der Waals surface area contributed by atoms with E-state index in [4.69, 9.17) is 0 Å². The Kier molecular flexibility index (Phi) is 23.6. The van der Waals surface area contributed by atoms with Gasteiger partial charge in [-0.25, -0.2) is 9.49 Å². The minimum Gasteiger partial charge on any atom is -0.340 e. The highest BCUT2D eigenvalue weighted by atomic mass is 32.1. The molecule has 5 heterocycles. The van der Waals surface area contributed by atoms with Gasteiger partial charge in [0.05, 0.1) is 23.2 Å². The minimum atomic E-state index is -0.548. The number of benzene rings is 3. The van der Waals surface area contributed by atoms with E-state index >= 15 is 0 Å². The molecule has 1 aromatic heterocycles. The fraction of sp³-hybridized carbons (Fsp3) is 0.586. The molecular weight excluding hydrogens is 954 g/mol. The molecule has 0 bridgehead atoms. The molecule has 1 atom stereocenters. The van der Waals surface area contributed by atoms with E-state index in [-0.39, 0.29) is 48.3 Å². The Hall–Kier alpha value is -5.00. The number of hydrogen-bond acceptors (Lipinski definition) is 10. The number of likely N-dealkylation sites (tertiary alicyclic amines) is 1. The molecule has 4 aliphatic heterocycles. The smallest absolute Gasteiger partial charge is 0.272 e. The van der Waals surface area contributed by atoms with Crippen molar-refractivity contribution < 1.29 is 23.6 Å². The van der Waals surface area contributed by atoms with Crippen molar-refractivity contribution in [2.75, 3.05) is 98.7 Å². The number of piperazine rings is 2. The predicted octanol–water partition coefficient (Wildman–Crippen LogP) is 7.24. The lowest BCUT2D eigenvalue weighted by atomic mass is 9.83. The lowest BCUT2D eigenvalue weighted by molar-refractivity contribution is -0.137. The quantitative estimate of drug-likeness (QED) is 0.110. The highest BCUT2D eigenvalue weighted by molar-refractivity contribution is 7.59. The number of fused-ring (bicyclic) bond motifs is 1. The van der Waals surface area contributed by atoms with Gasteiger partial charge in [0.15, 0.2) is 6.29 Å². The second-order valence-corrected chi connectivity index (χ2v) is 21.1. The third-order valence-electron chi connectivity index (χ3n) is 15.8. The van der Waals surface area contributed by atoms with Gasteiger partial charge >= 0.3 is 0 Å². The van der Waals surface area contributed by atoms with Gasteiger partial charge in [-0.2, -0.15) is 18.6 Å². The number of piperidine rings is 2. The maximum absolute atomic E-state index is 14.1. The summed E-state index contributed by atoms with van der Waals surface area (Å²) in [5.41, 5.74) is 3.11. The first-order valence-corrected chi connectivity index (χ1v) is 27.5. The van der Waals surface area contributed by atoms with Gasteiger partial charge in [-0.3, -0.25) is 33.8 Å². The van der Waals surface area contributed by atoms with E-state index in [0.717, 1.165) is 147 Å². The number of nitrogens with one attached hydrogen (secondary N) is 3. The molecule has 74 heavy (non-hydrogen) atoms. The summed E-state index contributed by atoms with van der Waals surface area (Å²) in [6.07, 6.45) is 14.9. The Labute approximate surface area is 446 Å². The van der Waals surface area contributed by atoms with Crippen LogP contribution in [0.15, 0.2) is 71.5 Å². The van der Waals surface area contributed by atoms with Crippen LogP contribution in [-0.4, -0.2) is 163 Å². The number of carbonyl (C=O) groups is 4. The number of hydrogen-bond donors (Lipinski definition) is 3. The maximum Gasteiger partial charge on any atom is 0.272 e. The summed E-state index contributed by atoms with van der Waals surface area (Å²) in [6, 6.07) is 19.2. The van der Waals surface area contributed by atoms with Crippen LogP contribution in [0, 0.1) is 17.7 Å². The molecule has 3 N–H and O–H groups in total. The second-order valence-electron chi connectivity index (χ2n) is 21.1. The van der Waals surface area contributed by atoms with Crippen molar-refractivity contribution in [3.05, 3.63) is 111 Å². The van der Waals surface area contributed by atoms with E-state index in [1.807, 2.05) is 34.1 Å². The first-order valence-electron chi connectivity index (χ1n) is 27.5. The number of unbranched alkanes of at least 4 members (excludes halogenated alkanes) is 2. The molecule has 16 heteroatoms. The largest absolute Gasteiger partial charge is 0.340 e. The van der Waals surface area contributed by atoms with Crippen LogP contribution in [0.3, 0.4) is 0 Å². The van der Waals surface area contributed by atoms with Crippen molar-refractivity contribution in [3.8, 4) is 0 Å². The Morgan fingerprint density at radius 3 is 2.11 bits per heavy atom. The molecule has 9 rings (SSSR count). The van der Waals surface area contributed by atoms with E-state index in [1.165, 1.54) is 43.4 Å². The molecule has 404 valence electrons. The Morgan fingerprint density at radius 1 is 0.770 bits per heavy atom. The monoisotopic (exact) mass is 1040 g/mol. The van der Waals surface area contributed by atoms with E-state index in [0.29, 0.717) is 47.7 Å². The Balaban J connectivity index is 0.000000273. The number of H-pyrrole nitrogens is 1. The predicted molar refractivity (Wildman–Crippen MR) is 298 cm³/mol. The molecule has 4 aromatic rings. The van der Waals surface area contributed by atoms with Crippen molar-refractivity contribution in [2.24, 2.45) is 11.8 Å². The number of carbonyl (C=O) groups excluding carboxylic acids is 4. The summed E-state index contributed by atoms with van der Waals surface area (Å²) in [5, 5.41) is 14.5. The summed E-state index contributed by atoms with van der Waals surface area (Å²) >= 11 is 0. The third-order valence-corrected chi connectivity index (χ3v) is 15.8. The molecule has 3 amide bonds. The van der Waals surface area contributed by atoms with Crippen molar-refractivity contribution >= 4 is 48.3 Å². The van der Waals surface area contributed by atoms with Gasteiger partial charge in [-0.1, -0.05) is 88.8 Å². The van der Waals surface area contributed by atoms with Crippen LogP contribution in [0.1, 0.15) is 134 Å². The van der Waals surface area contributed by atoms with Crippen molar-refractivity contribution in [3.63, 3.8) is 0 Å². The topological polar surface area (TPSA) is 154 Å². The van der Waals surface area contributed by atoms with Crippen molar-refractivity contribution in [2.45, 2.75) is 109 Å². The van der Waals surface area contributed by atoms with Gasteiger partial charge in [0.2, 0.25) is 11.8 Å². The second kappa shape index (κ2) is 29.9. The molecule has 14 nitrogen and oxygen atoms in total. The molecule has 1 aliphatic carbocycles. The van der Waals surface area contributed by atoms with Gasteiger partial charge < -0.3 is 25.3 Å². The number of amides is 3. The van der Waals surface area contributed by atoms with Gasteiger partial charge in [-0.15, -0.1) is 0 Å². The summed E-state index contributed by atoms with van der Waals surface area (Å²) < 4.78 is 13.3. The molecule has 5 fully saturated rings. The summed E-state index contributed by atoms with van der Waals surface area (Å²) in [6.45, 7) is 16.9. The van der Waals surface area contributed by atoms with Gasteiger partial charge in [-0.05, 0) is 131 Å². The lowest BCUT2D eigenvalue weighted by Crippen LogP contribution is -2.57. The average Bonchev–Trinajstić information content (AvgIpc) is 3.43. The zero-order valence-corrected chi connectivity index (χ0v) is 45.4.